The van der Waals surface area contributed by atoms with Crippen LogP contribution in [0, 0.1) is 18.8 Å². The van der Waals surface area contributed by atoms with Crippen molar-refractivity contribution in [1.82, 2.24) is 4.98 Å². The van der Waals surface area contributed by atoms with Gasteiger partial charge >= 0.3 is 0 Å². The molecule has 2 rings (SSSR count). The van der Waals surface area contributed by atoms with E-state index in [0.717, 1.165) is 11.6 Å². The summed E-state index contributed by atoms with van der Waals surface area (Å²) in [6.45, 7) is 4.31. The lowest BCUT2D eigenvalue weighted by molar-refractivity contribution is 0.196. The van der Waals surface area contributed by atoms with Gasteiger partial charge in [0, 0.05) is 17.9 Å². The van der Waals surface area contributed by atoms with Gasteiger partial charge in [-0.05, 0) is 36.8 Å². The van der Waals surface area contributed by atoms with Gasteiger partial charge < -0.3 is 5.73 Å². The SMILES string of the molecule is CCC1CCCCC1C(N)c1ccc(C)nc1. The van der Waals surface area contributed by atoms with Crippen molar-refractivity contribution >= 4 is 0 Å². The molecule has 3 unspecified atom stereocenters. The molecule has 1 aliphatic carbocycles. The fourth-order valence-corrected chi connectivity index (χ4v) is 3.14. The van der Waals surface area contributed by atoms with E-state index in [-0.39, 0.29) is 6.04 Å². The van der Waals surface area contributed by atoms with Crippen molar-refractivity contribution in [1.29, 1.82) is 0 Å². The molecule has 1 aromatic rings. The molecular formula is C15H24N2. The molecule has 2 N–H and O–H groups in total. The van der Waals surface area contributed by atoms with Crippen molar-refractivity contribution in [3.8, 4) is 0 Å². The zero-order valence-corrected chi connectivity index (χ0v) is 11.0. The zero-order valence-electron chi connectivity index (χ0n) is 11.0. The van der Waals surface area contributed by atoms with E-state index >= 15 is 0 Å². The van der Waals surface area contributed by atoms with Crippen LogP contribution in [0.2, 0.25) is 0 Å². The van der Waals surface area contributed by atoms with Gasteiger partial charge in [-0.25, -0.2) is 0 Å². The average Bonchev–Trinajstić information content (AvgIpc) is 2.39. The molecule has 0 amide bonds. The summed E-state index contributed by atoms with van der Waals surface area (Å²) >= 11 is 0. The summed E-state index contributed by atoms with van der Waals surface area (Å²) in [5.74, 6) is 1.46. The number of nitrogens with zero attached hydrogens (tertiary/aromatic N) is 1. The van der Waals surface area contributed by atoms with Crippen molar-refractivity contribution in [3.05, 3.63) is 29.6 Å². The summed E-state index contributed by atoms with van der Waals surface area (Å²) in [4.78, 5) is 4.37. The molecule has 1 aromatic heterocycles. The first-order valence-corrected chi connectivity index (χ1v) is 6.90. The third-order valence-electron chi connectivity index (χ3n) is 4.27. The lowest BCUT2D eigenvalue weighted by atomic mass is 9.73. The van der Waals surface area contributed by atoms with Crippen LogP contribution in [0.15, 0.2) is 18.3 Å². The van der Waals surface area contributed by atoms with Gasteiger partial charge in [0.25, 0.3) is 0 Å². The Kier molecular flexibility index (Phi) is 4.16. The van der Waals surface area contributed by atoms with Crippen LogP contribution >= 0.6 is 0 Å². The topological polar surface area (TPSA) is 38.9 Å². The molecule has 1 heterocycles. The first-order valence-electron chi connectivity index (χ1n) is 6.90. The number of nitrogens with two attached hydrogens (primary N) is 1. The molecule has 94 valence electrons. The highest BCUT2D eigenvalue weighted by Gasteiger charge is 2.29. The molecule has 0 bridgehead atoms. The van der Waals surface area contributed by atoms with E-state index in [2.05, 4.69) is 24.0 Å². The van der Waals surface area contributed by atoms with Crippen molar-refractivity contribution in [3.63, 3.8) is 0 Å². The van der Waals surface area contributed by atoms with Crippen LogP contribution in [0.4, 0.5) is 0 Å². The molecule has 1 aliphatic rings. The van der Waals surface area contributed by atoms with Gasteiger partial charge in [0.1, 0.15) is 0 Å². The van der Waals surface area contributed by atoms with E-state index in [1.807, 2.05) is 13.1 Å². The molecule has 0 saturated heterocycles. The van der Waals surface area contributed by atoms with Crippen LogP contribution in [-0.2, 0) is 0 Å². The standard InChI is InChI=1S/C15H24N2/c1-3-12-6-4-5-7-14(12)15(16)13-9-8-11(2)17-10-13/h8-10,12,14-15H,3-7,16H2,1-2H3. The lowest BCUT2D eigenvalue weighted by Crippen LogP contribution is -2.30. The van der Waals surface area contributed by atoms with Gasteiger partial charge in [-0.3, -0.25) is 4.98 Å². The highest BCUT2D eigenvalue weighted by atomic mass is 14.7. The number of hydrogen-bond donors (Lipinski definition) is 1. The Bertz CT molecular complexity index is 344. The maximum absolute atomic E-state index is 6.45. The minimum atomic E-state index is 0.174. The Morgan fingerprint density at radius 1 is 1.35 bits per heavy atom. The average molecular weight is 232 g/mol. The van der Waals surface area contributed by atoms with Crippen molar-refractivity contribution < 1.29 is 0 Å². The number of pyridine rings is 1. The molecule has 3 atom stereocenters. The van der Waals surface area contributed by atoms with Crippen LogP contribution in [0.5, 0.6) is 0 Å². The maximum Gasteiger partial charge on any atom is 0.0372 e. The van der Waals surface area contributed by atoms with Crippen LogP contribution < -0.4 is 5.73 Å². The van der Waals surface area contributed by atoms with Crippen LogP contribution in [0.3, 0.4) is 0 Å². The predicted molar refractivity (Wildman–Crippen MR) is 71.6 cm³/mol. The zero-order chi connectivity index (χ0) is 12.3. The fourth-order valence-electron chi connectivity index (χ4n) is 3.14. The third-order valence-corrected chi connectivity index (χ3v) is 4.27. The van der Waals surface area contributed by atoms with E-state index in [1.54, 1.807) is 0 Å². The molecule has 0 spiro atoms. The quantitative estimate of drug-likeness (QED) is 0.864. The van der Waals surface area contributed by atoms with Gasteiger partial charge in [-0.2, -0.15) is 0 Å². The molecule has 2 nitrogen and oxygen atoms in total. The highest BCUT2D eigenvalue weighted by molar-refractivity contribution is 5.18. The van der Waals surface area contributed by atoms with Crippen molar-refractivity contribution in [2.45, 2.75) is 52.0 Å². The number of rotatable bonds is 3. The summed E-state index contributed by atoms with van der Waals surface area (Å²) in [6.07, 6.45) is 8.59. The lowest BCUT2D eigenvalue weighted by Gasteiger charge is -2.35. The summed E-state index contributed by atoms with van der Waals surface area (Å²) in [7, 11) is 0. The van der Waals surface area contributed by atoms with Gasteiger partial charge in [0.15, 0.2) is 0 Å². The predicted octanol–water partition coefficient (Wildman–Crippen LogP) is 3.61. The van der Waals surface area contributed by atoms with Gasteiger partial charge in [0.05, 0.1) is 0 Å². The maximum atomic E-state index is 6.45. The Morgan fingerprint density at radius 3 is 2.76 bits per heavy atom. The van der Waals surface area contributed by atoms with E-state index in [1.165, 1.54) is 37.7 Å². The van der Waals surface area contributed by atoms with E-state index < -0.39 is 0 Å². The molecule has 0 aromatic carbocycles. The number of hydrogen-bond acceptors (Lipinski definition) is 2. The summed E-state index contributed by atoms with van der Waals surface area (Å²) in [5.41, 5.74) is 8.72. The number of aromatic nitrogens is 1. The van der Waals surface area contributed by atoms with Crippen molar-refractivity contribution in [2.75, 3.05) is 0 Å². The highest BCUT2D eigenvalue weighted by Crippen LogP contribution is 2.38. The molecule has 2 heteroatoms. The summed E-state index contributed by atoms with van der Waals surface area (Å²) in [6, 6.07) is 4.39. The van der Waals surface area contributed by atoms with Gasteiger partial charge in [-0.15, -0.1) is 0 Å². The van der Waals surface area contributed by atoms with Crippen LogP contribution in [0.25, 0.3) is 0 Å². The first kappa shape index (κ1) is 12.6. The van der Waals surface area contributed by atoms with Gasteiger partial charge in [0.2, 0.25) is 0 Å². The van der Waals surface area contributed by atoms with E-state index in [4.69, 9.17) is 5.73 Å². The number of aryl methyl sites for hydroxylation is 1. The largest absolute Gasteiger partial charge is 0.324 e. The minimum Gasteiger partial charge on any atom is -0.324 e. The summed E-state index contributed by atoms with van der Waals surface area (Å²) < 4.78 is 0. The second-order valence-corrected chi connectivity index (χ2v) is 5.38. The fraction of sp³-hybridized carbons (Fsp3) is 0.667. The van der Waals surface area contributed by atoms with Gasteiger partial charge in [-0.1, -0.05) is 38.7 Å². The van der Waals surface area contributed by atoms with E-state index in [0.29, 0.717) is 5.92 Å². The molecular weight excluding hydrogens is 208 g/mol. The second kappa shape index (κ2) is 5.63. The smallest absolute Gasteiger partial charge is 0.0372 e. The van der Waals surface area contributed by atoms with Crippen LogP contribution in [-0.4, -0.2) is 4.98 Å². The second-order valence-electron chi connectivity index (χ2n) is 5.38. The Balaban J connectivity index is 2.12. The Hall–Kier alpha value is -0.890. The molecule has 0 radical (unpaired) electrons. The van der Waals surface area contributed by atoms with Crippen molar-refractivity contribution in [2.24, 2.45) is 17.6 Å². The normalized spacial score (nSPS) is 26.8. The minimum absolute atomic E-state index is 0.174. The van der Waals surface area contributed by atoms with E-state index in [9.17, 15) is 0 Å². The molecule has 1 fully saturated rings. The molecule has 0 aliphatic heterocycles. The first-order chi connectivity index (χ1) is 8.22. The molecule has 17 heavy (non-hydrogen) atoms. The molecule has 1 saturated carbocycles. The Morgan fingerprint density at radius 2 is 2.12 bits per heavy atom. The van der Waals surface area contributed by atoms with Crippen LogP contribution in [0.1, 0.15) is 56.3 Å². The third kappa shape index (κ3) is 2.86. The monoisotopic (exact) mass is 232 g/mol. The Labute approximate surface area is 105 Å². The summed E-state index contributed by atoms with van der Waals surface area (Å²) in [5, 5.41) is 0.